The molecule has 1 heterocycles. The third-order valence-electron chi connectivity index (χ3n) is 3.44. The van der Waals surface area contributed by atoms with Crippen molar-refractivity contribution in [1.82, 2.24) is 4.90 Å². The van der Waals surface area contributed by atoms with Crippen LogP contribution in [0, 0.1) is 21.4 Å². The molecule has 0 bridgehead atoms. The standard InChI is InChI=1S/C14H16N4O3/c15-10-11-3-4-13(18(20)21)12(9-11)16-6-5-14(19)17-7-1-2-8-17/h3-4,9,16H,1-2,5-8H2. The van der Waals surface area contributed by atoms with Gasteiger partial charge in [-0.2, -0.15) is 5.26 Å². The van der Waals surface area contributed by atoms with E-state index >= 15 is 0 Å². The van der Waals surface area contributed by atoms with Crippen LogP contribution >= 0.6 is 0 Å². The van der Waals surface area contributed by atoms with Crippen LogP contribution in [0.25, 0.3) is 0 Å². The van der Waals surface area contributed by atoms with Crippen molar-refractivity contribution in [2.75, 3.05) is 25.0 Å². The van der Waals surface area contributed by atoms with Crippen molar-refractivity contribution < 1.29 is 9.72 Å². The maximum atomic E-state index is 11.9. The molecule has 1 aliphatic rings. The van der Waals surface area contributed by atoms with Crippen LogP contribution in [-0.2, 0) is 4.79 Å². The molecule has 110 valence electrons. The third kappa shape index (κ3) is 3.69. The van der Waals surface area contributed by atoms with E-state index in [0.717, 1.165) is 25.9 Å². The van der Waals surface area contributed by atoms with Crippen molar-refractivity contribution in [3.8, 4) is 6.07 Å². The number of amides is 1. The van der Waals surface area contributed by atoms with Crippen molar-refractivity contribution in [3.63, 3.8) is 0 Å². The topological polar surface area (TPSA) is 99.3 Å². The van der Waals surface area contributed by atoms with Crippen LogP contribution in [0.1, 0.15) is 24.8 Å². The molecule has 7 nitrogen and oxygen atoms in total. The van der Waals surface area contributed by atoms with E-state index in [0.29, 0.717) is 12.1 Å². The predicted molar refractivity (Wildman–Crippen MR) is 76.7 cm³/mol. The predicted octanol–water partition coefficient (Wildman–Crippen LogP) is 1.89. The van der Waals surface area contributed by atoms with Gasteiger partial charge in [-0.05, 0) is 25.0 Å². The van der Waals surface area contributed by atoms with Gasteiger partial charge in [0.05, 0.1) is 16.6 Å². The Hall–Kier alpha value is -2.62. The second-order valence-corrected chi connectivity index (χ2v) is 4.87. The van der Waals surface area contributed by atoms with Crippen LogP contribution < -0.4 is 5.32 Å². The Bertz CT molecular complexity index is 588. The SMILES string of the molecule is N#Cc1ccc([N+](=O)[O-])c(NCCC(=O)N2CCCC2)c1. The zero-order valence-electron chi connectivity index (χ0n) is 11.5. The number of anilines is 1. The van der Waals surface area contributed by atoms with E-state index in [2.05, 4.69) is 5.32 Å². The van der Waals surface area contributed by atoms with Crippen molar-refractivity contribution >= 4 is 17.3 Å². The maximum absolute atomic E-state index is 11.9. The Balaban J connectivity index is 1.97. The Morgan fingerprint density at radius 1 is 1.43 bits per heavy atom. The summed E-state index contributed by atoms with van der Waals surface area (Å²) in [5.41, 5.74) is 0.518. The molecule has 1 fully saturated rings. The number of benzene rings is 1. The molecular weight excluding hydrogens is 272 g/mol. The molecule has 1 aliphatic heterocycles. The molecule has 0 spiro atoms. The summed E-state index contributed by atoms with van der Waals surface area (Å²) in [7, 11) is 0. The minimum absolute atomic E-state index is 0.0547. The summed E-state index contributed by atoms with van der Waals surface area (Å²) in [5, 5.41) is 22.7. The number of nitriles is 1. The number of hydrogen-bond donors (Lipinski definition) is 1. The Labute approximate surface area is 122 Å². The van der Waals surface area contributed by atoms with Gasteiger partial charge >= 0.3 is 0 Å². The molecule has 0 radical (unpaired) electrons. The van der Waals surface area contributed by atoms with E-state index in [1.54, 1.807) is 0 Å². The van der Waals surface area contributed by atoms with Gasteiger partial charge in [-0.15, -0.1) is 0 Å². The number of nitrogens with one attached hydrogen (secondary N) is 1. The van der Waals surface area contributed by atoms with Gasteiger partial charge in [-0.3, -0.25) is 14.9 Å². The molecule has 1 aromatic carbocycles. The van der Waals surface area contributed by atoms with E-state index in [9.17, 15) is 14.9 Å². The molecule has 0 aromatic heterocycles. The molecule has 0 aliphatic carbocycles. The maximum Gasteiger partial charge on any atom is 0.292 e. The first-order valence-corrected chi connectivity index (χ1v) is 6.82. The van der Waals surface area contributed by atoms with Crippen LogP contribution in [0.2, 0.25) is 0 Å². The lowest BCUT2D eigenvalue weighted by molar-refractivity contribution is -0.384. The van der Waals surface area contributed by atoms with Crippen molar-refractivity contribution in [2.24, 2.45) is 0 Å². The van der Waals surface area contributed by atoms with Gasteiger partial charge in [0.1, 0.15) is 5.69 Å². The van der Waals surface area contributed by atoms with Crippen molar-refractivity contribution in [3.05, 3.63) is 33.9 Å². The van der Waals surface area contributed by atoms with E-state index in [1.807, 2.05) is 11.0 Å². The largest absolute Gasteiger partial charge is 0.379 e. The highest BCUT2D eigenvalue weighted by atomic mass is 16.6. The zero-order chi connectivity index (χ0) is 15.2. The third-order valence-corrected chi connectivity index (χ3v) is 3.44. The fourth-order valence-corrected chi connectivity index (χ4v) is 2.34. The normalized spacial score (nSPS) is 13.8. The number of carbonyl (C=O) groups is 1. The van der Waals surface area contributed by atoms with Crippen LogP contribution in [0.15, 0.2) is 18.2 Å². The van der Waals surface area contributed by atoms with E-state index in [-0.39, 0.29) is 23.7 Å². The Morgan fingerprint density at radius 2 is 2.14 bits per heavy atom. The molecule has 21 heavy (non-hydrogen) atoms. The molecule has 7 heteroatoms. The van der Waals surface area contributed by atoms with Gasteiger partial charge in [0.25, 0.3) is 5.69 Å². The highest BCUT2D eigenvalue weighted by molar-refractivity contribution is 5.77. The molecule has 1 aromatic rings. The average Bonchev–Trinajstić information content (AvgIpc) is 3.01. The molecule has 1 amide bonds. The lowest BCUT2D eigenvalue weighted by Crippen LogP contribution is -2.29. The summed E-state index contributed by atoms with van der Waals surface area (Å²) in [6.45, 7) is 1.90. The highest BCUT2D eigenvalue weighted by Gasteiger charge is 2.18. The van der Waals surface area contributed by atoms with Crippen molar-refractivity contribution in [2.45, 2.75) is 19.3 Å². The van der Waals surface area contributed by atoms with Crippen LogP contribution in [-0.4, -0.2) is 35.4 Å². The molecule has 2 rings (SSSR count). The fraction of sp³-hybridized carbons (Fsp3) is 0.429. The van der Waals surface area contributed by atoms with E-state index < -0.39 is 4.92 Å². The molecular formula is C14H16N4O3. The summed E-state index contributed by atoms with van der Waals surface area (Å²) in [6.07, 6.45) is 2.36. The second kappa shape index (κ2) is 6.70. The summed E-state index contributed by atoms with van der Waals surface area (Å²) < 4.78 is 0. The first-order chi connectivity index (χ1) is 10.1. The first kappa shape index (κ1) is 14.8. The minimum atomic E-state index is -0.508. The van der Waals surface area contributed by atoms with Crippen LogP contribution in [0.5, 0.6) is 0 Å². The van der Waals surface area contributed by atoms with Crippen LogP contribution in [0.4, 0.5) is 11.4 Å². The summed E-state index contributed by atoms with van der Waals surface area (Å²) in [6, 6.07) is 6.07. The molecule has 1 saturated heterocycles. The number of nitro groups is 1. The van der Waals surface area contributed by atoms with Gasteiger partial charge in [-0.25, -0.2) is 0 Å². The van der Waals surface area contributed by atoms with Gasteiger partial charge in [0.2, 0.25) is 5.91 Å². The smallest absolute Gasteiger partial charge is 0.292 e. The highest BCUT2D eigenvalue weighted by Crippen LogP contribution is 2.25. The van der Waals surface area contributed by atoms with Crippen LogP contribution in [0.3, 0.4) is 0 Å². The number of nitro benzene ring substituents is 1. The number of hydrogen-bond acceptors (Lipinski definition) is 5. The minimum Gasteiger partial charge on any atom is -0.379 e. The zero-order valence-corrected chi connectivity index (χ0v) is 11.5. The van der Waals surface area contributed by atoms with E-state index in [1.165, 1.54) is 18.2 Å². The number of rotatable bonds is 5. The summed E-state index contributed by atoms with van der Waals surface area (Å²) in [5.74, 6) is 0.0547. The van der Waals surface area contributed by atoms with Gasteiger partial charge in [0, 0.05) is 32.1 Å². The van der Waals surface area contributed by atoms with E-state index in [4.69, 9.17) is 5.26 Å². The van der Waals surface area contributed by atoms with Gasteiger partial charge < -0.3 is 10.2 Å². The molecule has 0 unspecified atom stereocenters. The molecule has 0 atom stereocenters. The first-order valence-electron chi connectivity index (χ1n) is 6.82. The Morgan fingerprint density at radius 3 is 2.76 bits per heavy atom. The summed E-state index contributed by atoms with van der Waals surface area (Å²) in [4.78, 5) is 24.1. The summed E-state index contributed by atoms with van der Waals surface area (Å²) >= 11 is 0. The Kier molecular flexibility index (Phi) is 4.72. The molecule has 0 saturated carbocycles. The second-order valence-electron chi connectivity index (χ2n) is 4.87. The fourth-order valence-electron chi connectivity index (χ4n) is 2.34. The van der Waals surface area contributed by atoms with Gasteiger partial charge in [0.15, 0.2) is 0 Å². The van der Waals surface area contributed by atoms with Crippen molar-refractivity contribution in [1.29, 1.82) is 5.26 Å². The number of likely N-dealkylation sites (tertiary alicyclic amines) is 1. The average molecular weight is 288 g/mol. The number of carbonyl (C=O) groups excluding carboxylic acids is 1. The number of nitrogens with zero attached hydrogens (tertiary/aromatic N) is 3. The molecule has 1 N–H and O–H groups in total. The quantitative estimate of drug-likeness (QED) is 0.658. The van der Waals surface area contributed by atoms with Gasteiger partial charge in [-0.1, -0.05) is 0 Å². The lowest BCUT2D eigenvalue weighted by Gasteiger charge is -2.15. The lowest BCUT2D eigenvalue weighted by atomic mass is 10.2. The monoisotopic (exact) mass is 288 g/mol.